The zero-order valence-corrected chi connectivity index (χ0v) is 17.9. The predicted octanol–water partition coefficient (Wildman–Crippen LogP) is 5.71. The minimum Gasteiger partial charge on any atom is -0.486 e. The Balaban J connectivity index is 1.69. The first-order valence-electron chi connectivity index (χ1n) is 8.67. The average Bonchev–Trinajstić information content (AvgIpc) is 3.04. The van der Waals surface area contributed by atoms with Gasteiger partial charge in [-0.3, -0.25) is 4.57 Å². The smallest absolute Gasteiger partial charge is 0.191 e. The van der Waals surface area contributed by atoms with Crippen molar-refractivity contribution in [2.45, 2.75) is 37.9 Å². The number of rotatable bonds is 8. The van der Waals surface area contributed by atoms with Crippen molar-refractivity contribution >= 4 is 27.7 Å². The Kier molecular flexibility index (Phi) is 6.74. The van der Waals surface area contributed by atoms with Gasteiger partial charge in [-0.15, -0.1) is 16.8 Å². The predicted molar refractivity (Wildman–Crippen MR) is 114 cm³/mol. The summed E-state index contributed by atoms with van der Waals surface area (Å²) in [5, 5.41) is 9.55. The third kappa shape index (κ3) is 5.23. The first-order valence-corrected chi connectivity index (χ1v) is 10.4. The first-order chi connectivity index (χ1) is 13.1. The number of aromatic nitrogens is 3. The summed E-state index contributed by atoms with van der Waals surface area (Å²) in [5.41, 5.74) is 3.71. The molecule has 0 unspecified atom stereocenters. The van der Waals surface area contributed by atoms with Crippen LogP contribution in [0.4, 0.5) is 0 Å². The van der Waals surface area contributed by atoms with E-state index in [1.165, 1.54) is 16.7 Å². The van der Waals surface area contributed by atoms with Crippen LogP contribution in [-0.2, 0) is 18.9 Å². The van der Waals surface area contributed by atoms with E-state index >= 15 is 0 Å². The second kappa shape index (κ2) is 9.24. The minimum absolute atomic E-state index is 0.377. The zero-order chi connectivity index (χ0) is 19.2. The Bertz CT molecular complexity index is 922. The maximum absolute atomic E-state index is 5.93. The normalized spacial score (nSPS) is 10.8. The highest BCUT2D eigenvalue weighted by atomic mass is 79.9. The van der Waals surface area contributed by atoms with Gasteiger partial charge in [-0.25, -0.2) is 0 Å². The van der Waals surface area contributed by atoms with Gasteiger partial charge >= 0.3 is 0 Å². The molecule has 140 valence electrons. The van der Waals surface area contributed by atoms with Crippen LogP contribution in [0.25, 0.3) is 0 Å². The van der Waals surface area contributed by atoms with E-state index in [0.29, 0.717) is 13.2 Å². The van der Waals surface area contributed by atoms with Crippen molar-refractivity contribution < 1.29 is 4.74 Å². The molecule has 2 aromatic carbocycles. The van der Waals surface area contributed by atoms with Gasteiger partial charge in [0.25, 0.3) is 0 Å². The lowest BCUT2D eigenvalue weighted by Gasteiger charge is -2.10. The minimum atomic E-state index is 0.377. The van der Waals surface area contributed by atoms with Gasteiger partial charge in [-0.2, -0.15) is 0 Å². The van der Waals surface area contributed by atoms with Crippen LogP contribution in [0, 0.1) is 13.8 Å². The van der Waals surface area contributed by atoms with Crippen molar-refractivity contribution in [3.8, 4) is 5.75 Å². The van der Waals surface area contributed by atoms with Gasteiger partial charge in [0, 0.05) is 16.8 Å². The van der Waals surface area contributed by atoms with Gasteiger partial charge in [-0.05, 0) is 54.8 Å². The molecule has 0 atom stereocenters. The standard InChI is InChI=1S/C21H22BrN3OS/c1-4-11-25-20(13-26-19-10-5-15(2)16(3)12-19)23-24-21(25)27-14-17-6-8-18(22)9-7-17/h4-10,12H,1,11,13-14H2,2-3H3. The van der Waals surface area contributed by atoms with Gasteiger partial charge < -0.3 is 4.74 Å². The van der Waals surface area contributed by atoms with E-state index in [-0.39, 0.29) is 0 Å². The molecule has 0 bridgehead atoms. The van der Waals surface area contributed by atoms with Crippen molar-refractivity contribution in [2.24, 2.45) is 0 Å². The van der Waals surface area contributed by atoms with Crippen LogP contribution in [0.5, 0.6) is 5.75 Å². The van der Waals surface area contributed by atoms with E-state index in [1.807, 2.05) is 30.3 Å². The van der Waals surface area contributed by atoms with Crippen molar-refractivity contribution in [3.05, 3.63) is 82.1 Å². The molecule has 1 aromatic heterocycles. The Morgan fingerprint density at radius 3 is 2.59 bits per heavy atom. The summed E-state index contributed by atoms with van der Waals surface area (Å²) >= 11 is 5.13. The number of hydrogen-bond acceptors (Lipinski definition) is 4. The number of aryl methyl sites for hydroxylation is 2. The van der Waals surface area contributed by atoms with E-state index in [1.54, 1.807) is 11.8 Å². The summed E-state index contributed by atoms with van der Waals surface area (Å²) in [4.78, 5) is 0. The van der Waals surface area contributed by atoms with Crippen molar-refractivity contribution in [3.63, 3.8) is 0 Å². The number of hydrogen-bond donors (Lipinski definition) is 0. The molecular weight excluding hydrogens is 422 g/mol. The van der Waals surface area contributed by atoms with Gasteiger partial charge in [0.15, 0.2) is 11.0 Å². The Labute approximate surface area is 172 Å². The molecule has 0 fully saturated rings. The van der Waals surface area contributed by atoms with E-state index in [9.17, 15) is 0 Å². The van der Waals surface area contributed by atoms with E-state index in [2.05, 4.69) is 69.3 Å². The molecule has 6 heteroatoms. The number of ether oxygens (including phenoxy) is 1. The highest BCUT2D eigenvalue weighted by Crippen LogP contribution is 2.24. The molecule has 0 aliphatic carbocycles. The van der Waals surface area contributed by atoms with Crippen LogP contribution < -0.4 is 4.74 Å². The molecule has 0 amide bonds. The topological polar surface area (TPSA) is 39.9 Å². The summed E-state index contributed by atoms with van der Waals surface area (Å²) in [6.45, 7) is 9.06. The van der Waals surface area contributed by atoms with Crippen molar-refractivity contribution in [1.82, 2.24) is 14.8 Å². The third-order valence-corrected chi connectivity index (χ3v) is 5.80. The second-order valence-electron chi connectivity index (χ2n) is 6.25. The van der Waals surface area contributed by atoms with Crippen molar-refractivity contribution in [1.29, 1.82) is 0 Å². The van der Waals surface area contributed by atoms with Gasteiger partial charge in [-0.1, -0.05) is 52.0 Å². The molecule has 0 aliphatic rings. The van der Waals surface area contributed by atoms with Crippen LogP contribution in [0.2, 0.25) is 0 Å². The zero-order valence-electron chi connectivity index (χ0n) is 15.5. The van der Waals surface area contributed by atoms with Gasteiger partial charge in [0.1, 0.15) is 12.4 Å². The summed E-state index contributed by atoms with van der Waals surface area (Å²) in [5.74, 6) is 2.47. The number of allylic oxidation sites excluding steroid dienone is 1. The molecule has 3 rings (SSSR count). The quantitative estimate of drug-likeness (QED) is 0.329. The molecule has 0 spiro atoms. The summed E-state index contributed by atoms with van der Waals surface area (Å²) in [6, 6.07) is 14.4. The lowest BCUT2D eigenvalue weighted by Crippen LogP contribution is -2.07. The summed E-state index contributed by atoms with van der Waals surface area (Å²) in [7, 11) is 0. The van der Waals surface area contributed by atoms with E-state index in [4.69, 9.17) is 4.74 Å². The Hall–Kier alpha value is -2.05. The highest BCUT2D eigenvalue weighted by molar-refractivity contribution is 9.10. The summed E-state index contributed by atoms with van der Waals surface area (Å²) in [6.07, 6.45) is 1.85. The van der Waals surface area contributed by atoms with Crippen LogP contribution in [0.1, 0.15) is 22.5 Å². The highest BCUT2D eigenvalue weighted by Gasteiger charge is 2.13. The fourth-order valence-corrected chi connectivity index (χ4v) is 3.71. The Morgan fingerprint density at radius 1 is 1.11 bits per heavy atom. The number of nitrogens with zero attached hydrogens (tertiary/aromatic N) is 3. The third-order valence-electron chi connectivity index (χ3n) is 4.23. The number of thioether (sulfide) groups is 1. The molecule has 0 N–H and O–H groups in total. The molecule has 0 radical (unpaired) electrons. The van der Waals surface area contributed by atoms with Gasteiger partial charge in [0.2, 0.25) is 0 Å². The van der Waals surface area contributed by atoms with E-state index in [0.717, 1.165) is 27.0 Å². The molecule has 3 aromatic rings. The lowest BCUT2D eigenvalue weighted by atomic mass is 10.1. The molecule has 27 heavy (non-hydrogen) atoms. The first kappa shape index (κ1) is 19.7. The van der Waals surface area contributed by atoms with Crippen LogP contribution in [0.3, 0.4) is 0 Å². The van der Waals surface area contributed by atoms with Crippen molar-refractivity contribution in [2.75, 3.05) is 0 Å². The second-order valence-corrected chi connectivity index (χ2v) is 8.11. The monoisotopic (exact) mass is 443 g/mol. The Morgan fingerprint density at radius 2 is 1.89 bits per heavy atom. The molecule has 1 heterocycles. The van der Waals surface area contributed by atoms with E-state index < -0.39 is 0 Å². The molecule has 0 saturated carbocycles. The van der Waals surface area contributed by atoms with Crippen LogP contribution in [-0.4, -0.2) is 14.8 Å². The maximum atomic E-state index is 5.93. The number of benzene rings is 2. The number of halogens is 1. The molecular formula is C21H22BrN3OS. The average molecular weight is 444 g/mol. The molecule has 4 nitrogen and oxygen atoms in total. The SMILES string of the molecule is C=CCn1c(COc2ccc(C)c(C)c2)nnc1SCc1ccc(Br)cc1. The maximum Gasteiger partial charge on any atom is 0.191 e. The molecule has 0 saturated heterocycles. The fraction of sp³-hybridized carbons (Fsp3) is 0.238. The fourth-order valence-electron chi connectivity index (χ4n) is 2.53. The lowest BCUT2D eigenvalue weighted by molar-refractivity contribution is 0.289. The van der Waals surface area contributed by atoms with Crippen LogP contribution in [0.15, 0.2) is 64.7 Å². The van der Waals surface area contributed by atoms with Gasteiger partial charge in [0.05, 0.1) is 0 Å². The summed E-state index contributed by atoms with van der Waals surface area (Å²) < 4.78 is 9.07. The largest absolute Gasteiger partial charge is 0.486 e. The van der Waals surface area contributed by atoms with Crippen LogP contribution >= 0.6 is 27.7 Å². The molecule has 0 aliphatic heterocycles.